The van der Waals surface area contributed by atoms with E-state index in [2.05, 4.69) is 22.5 Å². The Morgan fingerprint density at radius 1 is 1.35 bits per heavy atom. The van der Waals surface area contributed by atoms with Gasteiger partial charge in [0.1, 0.15) is 5.76 Å². The third-order valence-electron chi connectivity index (χ3n) is 4.51. The second-order valence-corrected chi connectivity index (χ2v) is 6.01. The summed E-state index contributed by atoms with van der Waals surface area (Å²) in [5.74, 6) is 1.74. The highest BCUT2D eigenvalue weighted by atomic mass is 127. The van der Waals surface area contributed by atoms with Crippen molar-refractivity contribution in [2.75, 3.05) is 26.8 Å². The van der Waals surface area contributed by atoms with Gasteiger partial charge in [0, 0.05) is 26.8 Å². The predicted molar refractivity (Wildman–Crippen MR) is 104 cm³/mol. The van der Waals surface area contributed by atoms with Gasteiger partial charge in [0.05, 0.1) is 12.8 Å². The summed E-state index contributed by atoms with van der Waals surface area (Å²) in [6.07, 6.45) is 8.03. The van der Waals surface area contributed by atoms with Crippen LogP contribution in [0.2, 0.25) is 0 Å². The van der Waals surface area contributed by atoms with Crippen LogP contribution in [-0.2, 0) is 11.3 Å². The summed E-state index contributed by atoms with van der Waals surface area (Å²) in [6.45, 7) is 5.32. The minimum absolute atomic E-state index is 0. The average Bonchev–Trinajstić information content (AvgIpc) is 3.20. The summed E-state index contributed by atoms with van der Waals surface area (Å²) < 4.78 is 10.9. The number of rotatable bonds is 8. The molecule has 1 aliphatic carbocycles. The zero-order valence-corrected chi connectivity index (χ0v) is 16.6. The van der Waals surface area contributed by atoms with Crippen molar-refractivity contribution in [3.05, 3.63) is 24.2 Å². The van der Waals surface area contributed by atoms with Crippen LogP contribution in [0.4, 0.5) is 0 Å². The lowest BCUT2D eigenvalue weighted by atomic mass is 9.83. The lowest BCUT2D eigenvalue weighted by Gasteiger charge is -2.30. The number of aliphatic imine (C=N–C) groups is 1. The van der Waals surface area contributed by atoms with Crippen LogP contribution in [0.5, 0.6) is 0 Å². The van der Waals surface area contributed by atoms with Crippen LogP contribution in [0.1, 0.15) is 44.8 Å². The standard InChI is InChI=1S/C17H29N3O2.HI/c1-3-21-12-10-17(8-4-5-9-17)14-20-16(18-2)19-13-15-7-6-11-22-15;/h6-7,11H,3-5,8-10,12-14H2,1-2H3,(H2,18,19,20);1H. The van der Waals surface area contributed by atoms with Gasteiger partial charge in [-0.15, -0.1) is 24.0 Å². The fraction of sp³-hybridized carbons (Fsp3) is 0.706. The quantitative estimate of drug-likeness (QED) is 0.284. The number of nitrogens with zero attached hydrogens (tertiary/aromatic N) is 1. The van der Waals surface area contributed by atoms with E-state index in [1.165, 1.54) is 25.7 Å². The van der Waals surface area contributed by atoms with Crippen LogP contribution in [-0.4, -0.2) is 32.8 Å². The minimum Gasteiger partial charge on any atom is -0.467 e. The molecule has 0 radical (unpaired) electrons. The van der Waals surface area contributed by atoms with E-state index >= 15 is 0 Å². The van der Waals surface area contributed by atoms with E-state index in [0.29, 0.717) is 12.0 Å². The Kier molecular flexibility index (Phi) is 9.62. The molecule has 0 saturated heterocycles. The van der Waals surface area contributed by atoms with Gasteiger partial charge in [0.25, 0.3) is 0 Å². The first-order chi connectivity index (χ1) is 10.8. The average molecular weight is 435 g/mol. The molecule has 0 atom stereocenters. The zero-order chi connectivity index (χ0) is 15.7. The Bertz CT molecular complexity index is 443. The number of furan rings is 1. The van der Waals surface area contributed by atoms with Crippen molar-refractivity contribution >= 4 is 29.9 Å². The lowest BCUT2D eigenvalue weighted by molar-refractivity contribution is 0.105. The molecule has 0 amide bonds. The summed E-state index contributed by atoms with van der Waals surface area (Å²) in [6, 6.07) is 3.86. The molecule has 1 fully saturated rings. The summed E-state index contributed by atoms with van der Waals surface area (Å²) in [5, 5.41) is 6.78. The van der Waals surface area contributed by atoms with Crippen molar-refractivity contribution < 1.29 is 9.15 Å². The molecule has 6 heteroatoms. The van der Waals surface area contributed by atoms with Crippen LogP contribution >= 0.6 is 24.0 Å². The van der Waals surface area contributed by atoms with E-state index in [1.807, 2.05) is 12.1 Å². The number of ether oxygens (including phenoxy) is 1. The van der Waals surface area contributed by atoms with Crippen LogP contribution < -0.4 is 10.6 Å². The summed E-state index contributed by atoms with van der Waals surface area (Å²) in [4.78, 5) is 4.30. The molecule has 1 heterocycles. The molecule has 2 N–H and O–H groups in total. The number of halogens is 1. The van der Waals surface area contributed by atoms with Gasteiger partial charge in [-0.1, -0.05) is 12.8 Å². The van der Waals surface area contributed by atoms with Crippen molar-refractivity contribution in [3.8, 4) is 0 Å². The van der Waals surface area contributed by atoms with E-state index in [1.54, 1.807) is 13.3 Å². The van der Waals surface area contributed by atoms with Gasteiger partial charge in [0.15, 0.2) is 5.96 Å². The maximum atomic E-state index is 5.56. The largest absolute Gasteiger partial charge is 0.467 e. The smallest absolute Gasteiger partial charge is 0.191 e. The van der Waals surface area contributed by atoms with Crippen molar-refractivity contribution in [3.63, 3.8) is 0 Å². The molecule has 1 saturated carbocycles. The van der Waals surface area contributed by atoms with Crippen LogP contribution in [0, 0.1) is 5.41 Å². The molecule has 23 heavy (non-hydrogen) atoms. The number of hydrogen-bond donors (Lipinski definition) is 2. The normalized spacial score (nSPS) is 16.9. The Hall–Kier alpha value is -0.760. The SMILES string of the molecule is CCOCCC1(CNC(=NC)NCc2ccco2)CCCC1.I. The number of nitrogens with one attached hydrogen (secondary N) is 2. The van der Waals surface area contributed by atoms with E-state index < -0.39 is 0 Å². The van der Waals surface area contributed by atoms with Gasteiger partial charge in [-0.05, 0) is 43.7 Å². The van der Waals surface area contributed by atoms with Crippen molar-refractivity contribution in [1.29, 1.82) is 0 Å². The zero-order valence-electron chi connectivity index (χ0n) is 14.3. The predicted octanol–water partition coefficient (Wildman–Crippen LogP) is 3.55. The molecular weight excluding hydrogens is 405 g/mol. The molecular formula is C17H30IN3O2. The molecule has 0 unspecified atom stereocenters. The number of guanidine groups is 1. The molecule has 1 aromatic rings. The molecule has 5 nitrogen and oxygen atoms in total. The highest BCUT2D eigenvalue weighted by molar-refractivity contribution is 14.0. The van der Waals surface area contributed by atoms with Crippen LogP contribution in [0.15, 0.2) is 27.8 Å². The van der Waals surface area contributed by atoms with Crippen molar-refractivity contribution in [2.45, 2.75) is 45.6 Å². The van der Waals surface area contributed by atoms with Crippen LogP contribution in [0.25, 0.3) is 0 Å². The maximum Gasteiger partial charge on any atom is 0.191 e. The number of hydrogen-bond acceptors (Lipinski definition) is 3. The molecule has 132 valence electrons. The Balaban J connectivity index is 0.00000264. The molecule has 0 spiro atoms. The van der Waals surface area contributed by atoms with Gasteiger partial charge in [-0.3, -0.25) is 4.99 Å². The van der Waals surface area contributed by atoms with E-state index in [4.69, 9.17) is 9.15 Å². The molecule has 0 aromatic carbocycles. The summed E-state index contributed by atoms with van der Waals surface area (Å²) in [7, 11) is 1.80. The highest BCUT2D eigenvalue weighted by Crippen LogP contribution is 2.40. The van der Waals surface area contributed by atoms with Crippen molar-refractivity contribution in [1.82, 2.24) is 10.6 Å². The molecule has 0 bridgehead atoms. The first-order valence-corrected chi connectivity index (χ1v) is 8.33. The minimum atomic E-state index is 0. The Morgan fingerprint density at radius 3 is 2.74 bits per heavy atom. The van der Waals surface area contributed by atoms with E-state index in [0.717, 1.165) is 37.9 Å². The second kappa shape index (κ2) is 10.9. The van der Waals surface area contributed by atoms with Gasteiger partial charge in [-0.2, -0.15) is 0 Å². The third-order valence-corrected chi connectivity index (χ3v) is 4.51. The van der Waals surface area contributed by atoms with E-state index in [9.17, 15) is 0 Å². The molecule has 1 aromatic heterocycles. The van der Waals surface area contributed by atoms with Crippen molar-refractivity contribution in [2.24, 2.45) is 10.4 Å². The molecule has 0 aliphatic heterocycles. The first-order valence-electron chi connectivity index (χ1n) is 8.33. The summed E-state index contributed by atoms with van der Waals surface area (Å²) >= 11 is 0. The second-order valence-electron chi connectivity index (χ2n) is 6.01. The van der Waals surface area contributed by atoms with Gasteiger partial charge >= 0.3 is 0 Å². The van der Waals surface area contributed by atoms with Gasteiger partial charge < -0.3 is 19.8 Å². The Morgan fingerprint density at radius 2 is 2.13 bits per heavy atom. The highest BCUT2D eigenvalue weighted by Gasteiger charge is 2.33. The Labute approximate surface area is 156 Å². The van der Waals surface area contributed by atoms with Gasteiger partial charge in [0.2, 0.25) is 0 Å². The monoisotopic (exact) mass is 435 g/mol. The third kappa shape index (κ3) is 6.71. The fourth-order valence-corrected chi connectivity index (χ4v) is 3.15. The van der Waals surface area contributed by atoms with E-state index in [-0.39, 0.29) is 24.0 Å². The topological polar surface area (TPSA) is 58.8 Å². The fourth-order valence-electron chi connectivity index (χ4n) is 3.15. The lowest BCUT2D eigenvalue weighted by Crippen LogP contribution is -2.43. The van der Waals surface area contributed by atoms with Crippen LogP contribution in [0.3, 0.4) is 0 Å². The molecule has 2 rings (SSSR count). The summed E-state index contributed by atoms with van der Waals surface area (Å²) in [5.41, 5.74) is 0.359. The molecule has 1 aliphatic rings. The van der Waals surface area contributed by atoms with Gasteiger partial charge in [-0.25, -0.2) is 0 Å². The maximum absolute atomic E-state index is 5.56. The first kappa shape index (κ1) is 20.3.